The molecule has 0 atom stereocenters. The molecule has 1 heterocycles. The van der Waals surface area contributed by atoms with Crippen molar-refractivity contribution in [2.24, 2.45) is 0 Å². The van der Waals surface area contributed by atoms with Crippen LogP contribution in [0.25, 0.3) is 0 Å². The largest absolute Gasteiger partial charge is 0.490 e. The second kappa shape index (κ2) is 9.30. The summed E-state index contributed by atoms with van der Waals surface area (Å²) in [6.45, 7) is 6.04. The number of anilines is 1. The van der Waals surface area contributed by atoms with Gasteiger partial charge in [0.15, 0.2) is 11.5 Å². The van der Waals surface area contributed by atoms with Crippen molar-refractivity contribution in [3.05, 3.63) is 40.6 Å². The molecule has 2 aromatic rings. The van der Waals surface area contributed by atoms with Gasteiger partial charge in [-0.15, -0.1) is 11.3 Å². The fraction of sp³-hybridized carbons (Fsp3) is 0.389. The van der Waals surface area contributed by atoms with E-state index in [9.17, 15) is 4.79 Å². The Hall–Kier alpha value is -2.05. The zero-order valence-electron chi connectivity index (χ0n) is 14.4. The number of amides is 1. The van der Waals surface area contributed by atoms with Gasteiger partial charge in [-0.05, 0) is 44.5 Å². The Morgan fingerprint density at radius 3 is 2.58 bits per heavy atom. The highest BCUT2D eigenvalue weighted by molar-refractivity contribution is 7.09. The minimum atomic E-state index is -0.0549. The van der Waals surface area contributed by atoms with Crippen molar-refractivity contribution in [2.75, 3.05) is 32.1 Å². The fourth-order valence-corrected chi connectivity index (χ4v) is 3.08. The third-order valence-corrected chi connectivity index (χ3v) is 4.11. The number of thiophene rings is 1. The second-order valence-corrected chi connectivity index (χ2v) is 6.36. The van der Waals surface area contributed by atoms with Gasteiger partial charge in [-0.2, -0.15) is 0 Å². The molecule has 5 nitrogen and oxygen atoms in total. The van der Waals surface area contributed by atoms with Gasteiger partial charge in [-0.1, -0.05) is 6.07 Å². The number of carbonyl (C=O) groups is 1. The Bertz CT molecular complexity index is 644. The van der Waals surface area contributed by atoms with Gasteiger partial charge in [-0.25, -0.2) is 0 Å². The van der Waals surface area contributed by atoms with E-state index in [0.29, 0.717) is 36.9 Å². The van der Waals surface area contributed by atoms with Crippen LogP contribution in [0.1, 0.15) is 18.7 Å². The third-order valence-electron chi connectivity index (χ3n) is 3.25. The molecule has 0 unspecified atom stereocenters. The monoisotopic (exact) mass is 348 g/mol. The first-order valence-corrected chi connectivity index (χ1v) is 8.90. The van der Waals surface area contributed by atoms with Crippen LogP contribution in [-0.2, 0) is 11.3 Å². The van der Waals surface area contributed by atoms with Crippen molar-refractivity contribution in [3.8, 4) is 11.5 Å². The molecule has 0 saturated carbocycles. The molecule has 0 spiro atoms. The maximum Gasteiger partial charge on any atom is 0.238 e. The summed E-state index contributed by atoms with van der Waals surface area (Å²) in [4.78, 5) is 15.4. The van der Waals surface area contributed by atoms with Crippen LogP contribution in [0, 0.1) is 0 Å². The molecule has 0 saturated heterocycles. The molecule has 6 heteroatoms. The molecule has 0 aliphatic rings. The van der Waals surface area contributed by atoms with Crippen molar-refractivity contribution < 1.29 is 14.3 Å². The summed E-state index contributed by atoms with van der Waals surface area (Å²) < 4.78 is 11.1. The van der Waals surface area contributed by atoms with Gasteiger partial charge in [0.25, 0.3) is 0 Å². The summed E-state index contributed by atoms with van der Waals surface area (Å²) in [5, 5.41) is 4.95. The molecule has 1 N–H and O–H groups in total. The van der Waals surface area contributed by atoms with Crippen LogP contribution in [0.2, 0.25) is 0 Å². The number of ether oxygens (including phenoxy) is 2. The van der Waals surface area contributed by atoms with Gasteiger partial charge < -0.3 is 14.8 Å². The van der Waals surface area contributed by atoms with Gasteiger partial charge >= 0.3 is 0 Å². The molecule has 1 amide bonds. The zero-order valence-corrected chi connectivity index (χ0v) is 15.2. The van der Waals surface area contributed by atoms with E-state index < -0.39 is 0 Å². The highest BCUT2D eigenvalue weighted by Crippen LogP contribution is 2.30. The number of benzene rings is 1. The average Bonchev–Trinajstić information content (AvgIpc) is 3.03. The minimum absolute atomic E-state index is 0.0549. The van der Waals surface area contributed by atoms with E-state index in [1.807, 2.05) is 49.4 Å². The molecule has 0 fully saturated rings. The Morgan fingerprint density at radius 2 is 1.92 bits per heavy atom. The van der Waals surface area contributed by atoms with Crippen LogP contribution >= 0.6 is 11.3 Å². The van der Waals surface area contributed by atoms with Crippen molar-refractivity contribution in [3.63, 3.8) is 0 Å². The molecule has 0 aliphatic carbocycles. The van der Waals surface area contributed by atoms with Crippen LogP contribution in [0.5, 0.6) is 11.5 Å². The quantitative estimate of drug-likeness (QED) is 0.752. The van der Waals surface area contributed by atoms with Gasteiger partial charge in [0, 0.05) is 23.2 Å². The van der Waals surface area contributed by atoms with E-state index in [1.165, 1.54) is 4.88 Å². The summed E-state index contributed by atoms with van der Waals surface area (Å²) in [5.41, 5.74) is 0.705. The van der Waals surface area contributed by atoms with Crippen molar-refractivity contribution in [2.45, 2.75) is 20.4 Å². The van der Waals surface area contributed by atoms with E-state index in [2.05, 4.69) is 11.4 Å². The predicted octanol–water partition coefficient (Wildman–Crippen LogP) is 3.62. The SMILES string of the molecule is CCOc1ccc(NC(=O)CN(C)Cc2cccs2)cc1OCC. The average molecular weight is 348 g/mol. The summed E-state index contributed by atoms with van der Waals surface area (Å²) in [5.74, 6) is 1.27. The first-order valence-electron chi connectivity index (χ1n) is 8.02. The highest BCUT2D eigenvalue weighted by Gasteiger charge is 2.11. The maximum atomic E-state index is 12.2. The molecule has 1 aromatic carbocycles. The number of hydrogen-bond donors (Lipinski definition) is 1. The first kappa shape index (κ1) is 18.3. The molecular formula is C18H24N2O3S. The van der Waals surface area contributed by atoms with E-state index >= 15 is 0 Å². The highest BCUT2D eigenvalue weighted by atomic mass is 32.1. The van der Waals surface area contributed by atoms with Crippen LogP contribution in [0.15, 0.2) is 35.7 Å². The lowest BCUT2D eigenvalue weighted by Gasteiger charge is -2.16. The number of hydrogen-bond acceptors (Lipinski definition) is 5. The lowest BCUT2D eigenvalue weighted by atomic mass is 10.2. The van der Waals surface area contributed by atoms with E-state index in [4.69, 9.17) is 9.47 Å². The first-order chi connectivity index (χ1) is 11.6. The maximum absolute atomic E-state index is 12.2. The zero-order chi connectivity index (χ0) is 17.4. The smallest absolute Gasteiger partial charge is 0.238 e. The number of rotatable bonds is 9. The Balaban J connectivity index is 1.94. The summed E-state index contributed by atoms with van der Waals surface area (Å²) in [6, 6.07) is 9.53. The molecule has 2 rings (SSSR count). The Morgan fingerprint density at radius 1 is 1.17 bits per heavy atom. The summed E-state index contributed by atoms with van der Waals surface area (Å²) in [6.07, 6.45) is 0. The molecule has 0 aliphatic heterocycles. The molecule has 1 aromatic heterocycles. The van der Waals surface area contributed by atoms with Crippen LogP contribution in [0.3, 0.4) is 0 Å². The molecular weight excluding hydrogens is 324 g/mol. The number of likely N-dealkylation sites (N-methyl/N-ethyl adjacent to an activating group) is 1. The lowest BCUT2D eigenvalue weighted by molar-refractivity contribution is -0.117. The Labute approximate surface area is 147 Å². The van der Waals surface area contributed by atoms with E-state index in [1.54, 1.807) is 17.4 Å². The number of nitrogens with one attached hydrogen (secondary N) is 1. The fourth-order valence-electron chi connectivity index (χ4n) is 2.30. The van der Waals surface area contributed by atoms with Crippen LogP contribution in [0.4, 0.5) is 5.69 Å². The lowest BCUT2D eigenvalue weighted by Crippen LogP contribution is -2.29. The van der Waals surface area contributed by atoms with Crippen molar-refractivity contribution >= 4 is 22.9 Å². The van der Waals surface area contributed by atoms with Crippen molar-refractivity contribution in [1.29, 1.82) is 0 Å². The number of nitrogens with zero attached hydrogens (tertiary/aromatic N) is 1. The standard InChI is InChI=1S/C18H24N2O3S/c1-4-22-16-9-8-14(11-17(16)23-5-2)19-18(21)13-20(3)12-15-7-6-10-24-15/h6-11H,4-5,12-13H2,1-3H3,(H,19,21). The molecule has 24 heavy (non-hydrogen) atoms. The molecule has 130 valence electrons. The van der Waals surface area contributed by atoms with Crippen molar-refractivity contribution in [1.82, 2.24) is 4.90 Å². The molecule has 0 radical (unpaired) electrons. The second-order valence-electron chi connectivity index (χ2n) is 5.33. The molecule has 0 bridgehead atoms. The minimum Gasteiger partial charge on any atom is -0.490 e. The topological polar surface area (TPSA) is 50.8 Å². The number of carbonyl (C=O) groups excluding carboxylic acids is 1. The van der Waals surface area contributed by atoms with Gasteiger partial charge in [-0.3, -0.25) is 9.69 Å². The summed E-state index contributed by atoms with van der Waals surface area (Å²) >= 11 is 1.69. The summed E-state index contributed by atoms with van der Waals surface area (Å²) in [7, 11) is 1.93. The van der Waals surface area contributed by atoms with Gasteiger partial charge in [0.05, 0.1) is 19.8 Å². The van der Waals surface area contributed by atoms with E-state index in [-0.39, 0.29) is 5.91 Å². The van der Waals surface area contributed by atoms with Crippen LogP contribution in [-0.4, -0.2) is 37.6 Å². The normalized spacial score (nSPS) is 10.7. The Kier molecular flexibility index (Phi) is 7.08. The van der Waals surface area contributed by atoms with Gasteiger partial charge in [0.2, 0.25) is 5.91 Å². The predicted molar refractivity (Wildman–Crippen MR) is 98.1 cm³/mol. The van der Waals surface area contributed by atoms with Gasteiger partial charge in [0.1, 0.15) is 0 Å². The van der Waals surface area contributed by atoms with Crippen LogP contribution < -0.4 is 14.8 Å². The van der Waals surface area contributed by atoms with E-state index in [0.717, 1.165) is 6.54 Å². The third kappa shape index (κ3) is 5.54.